The van der Waals surface area contributed by atoms with E-state index in [0.717, 1.165) is 22.9 Å². The van der Waals surface area contributed by atoms with E-state index in [4.69, 9.17) is 0 Å². The molecule has 1 aliphatic heterocycles. The summed E-state index contributed by atoms with van der Waals surface area (Å²) in [5.41, 5.74) is 3.49. The second kappa shape index (κ2) is 8.50. The Bertz CT molecular complexity index is 1370. The largest absolute Gasteiger partial charge is 0.365 e. The van der Waals surface area contributed by atoms with Crippen LogP contribution in [0.1, 0.15) is 11.4 Å². The van der Waals surface area contributed by atoms with Gasteiger partial charge in [0, 0.05) is 32.4 Å². The molecule has 4 heterocycles. The Kier molecular flexibility index (Phi) is 5.37. The number of carbonyl (C=O) groups is 1. The molecule has 0 bridgehead atoms. The first-order valence-electron chi connectivity index (χ1n) is 11.0. The summed E-state index contributed by atoms with van der Waals surface area (Å²) < 4.78 is 3.25. The third-order valence-corrected chi connectivity index (χ3v) is 6.11. The molecular weight excluding hydrogens is 418 g/mol. The molecule has 3 aromatic heterocycles. The summed E-state index contributed by atoms with van der Waals surface area (Å²) in [6.07, 6.45) is 3.21. The number of fused-ring (bicyclic) bond motifs is 1. The molecule has 4 aromatic rings. The quantitative estimate of drug-likeness (QED) is 0.479. The maximum Gasteiger partial charge on any atom is 0.261 e. The molecular formula is C24H25N7O2. The number of nitrogens with zero attached hydrogens (tertiary/aromatic N) is 7. The van der Waals surface area contributed by atoms with Crippen LogP contribution in [0.15, 0.2) is 59.8 Å². The van der Waals surface area contributed by atoms with Crippen molar-refractivity contribution in [2.45, 2.75) is 20.4 Å². The first kappa shape index (κ1) is 20.9. The monoisotopic (exact) mass is 443 g/mol. The second-order valence-electron chi connectivity index (χ2n) is 8.18. The molecule has 0 aliphatic carbocycles. The van der Waals surface area contributed by atoms with Crippen LogP contribution in [-0.4, -0.2) is 61.3 Å². The van der Waals surface area contributed by atoms with Crippen LogP contribution in [0.4, 0.5) is 5.69 Å². The van der Waals surface area contributed by atoms with Gasteiger partial charge in [-0.15, -0.1) is 0 Å². The molecule has 1 aromatic carbocycles. The van der Waals surface area contributed by atoms with Gasteiger partial charge in [-0.3, -0.25) is 14.2 Å². The highest BCUT2D eigenvalue weighted by Crippen LogP contribution is 2.27. The Morgan fingerprint density at radius 2 is 1.73 bits per heavy atom. The molecule has 0 unspecified atom stereocenters. The standard InChI is InChI=1S/C24H25N7O2/c1-17-23(18(2)31(27-17)21-9-5-6-10-25-21)29-13-11-28(12-14-29)22(32)15-30-16-26-20-8-4-3-7-19(20)24(30)33/h3-10,16H,11-15H2,1-2H3. The molecule has 33 heavy (non-hydrogen) atoms. The van der Waals surface area contributed by atoms with E-state index in [1.165, 1.54) is 10.9 Å². The highest BCUT2D eigenvalue weighted by molar-refractivity contribution is 5.79. The lowest BCUT2D eigenvalue weighted by molar-refractivity contribution is -0.132. The van der Waals surface area contributed by atoms with E-state index >= 15 is 0 Å². The molecule has 9 nitrogen and oxygen atoms in total. The van der Waals surface area contributed by atoms with E-state index in [1.54, 1.807) is 24.4 Å². The summed E-state index contributed by atoms with van der Waals surface area (Å²) >= 11 is 0. The normalized spacial score (nSPS) is 14.1. The molecule has 9 heteroatoms. The van der Waals surface area contributed by atoms with E-state index in [1.807, 2.05) is 47.7 Å². The molecule has 168 valence electrons. The first-order valence-corrected chi connectivity index (χ1v) is 11.0. The third kappa shape index (κ3) is 3.86. The van der Waals surface area contributed by atoms with Crippen molar-refractivity contribution < 1.29 is 4.79 Å². The SMILES string of the molecule is Cc1nn(-c2ccccn2)c(C)c1N1CCN(C(=O)Cn2cnc3ccccc3c2=O)CC1. The number of rotatable bonds is 4. The number of amides is 1. The minimum Gasteiger partial charge on any atom is -0.365 e. The number of aromatic nitrogens is 5. The van der Waals surface area contributed by atoms with E-state index in [9.17, 15) is 9.59 Å². The zero-order valence-corrected chi connectivity index (χ0v) is 18.7. The molecule has 1 amide bonds. The van der Waals surface area contributed by atoms with Gasteiger partial charge in [0.15, 0.2) is 5.82 Å². The number of aryl methyl sites for hydroxylation is 1. The van der Waals surface area contributed by atoms with Gasteiger partial charge in [0.2, 0.25) is 5.91 Å². The van der Waals surface area contributed by atoms with Crippen LogP contribution in [0.25, 0.3) is 16.7 Å². The Morgan fingerprint density at radius 1 is 0.970 bits per heavy atom. The number of carbonyl (C=O) groups excluding carboxylic acids is 1. The Hall–Kier alpha value is -4.01. The molecule has 1 aliphatic rings. The maximum absolute atomic E-state index is 12.9. The predicted molar refractivity (Wildman–Crippen MR) is 126 cm³/mol. The Labute approximate surface area is 190 Å². The highest BCUT2D eigenvalue weighted by Gasteiger charge is 2.26. The van der Waals surface area contributed by atoms with Gasteiger partial charge in [0.1, 0.15) is 6.54 Å². The summed E-state index contributed by atoms with van der Waals surface area (Å²) in [6.45, 7) is 6.61. The van der Waals surface area contributed by atoms with Gasteiger partial charge in [-0.1, -0.05) is 18.2 Å². The van der Waals surface area contributed by atoms with Crippen LogP contribution < -0.4 is 10.5 Å². The molecule has 0 spiro atoms. The molecule has 0 saturated carbocycles. The van der Waals surface area contributed by atoms with Gasteiger partial charge >= 0.3 is 0 Å². The van der Waals surface area contributed by atoms with Crippen LogP contribution in [0, 0.1) is 13.8 Å². The van der Waals surface area contributed by atoms with Crippen molar-refractivity contribution in [2.75, 3.05) is 31.1 Å². The van der Waals surface area contributed by atoms with Crippen molar-refractivity contribution in [1.29, 1.82) is 0 Å². The van der Waals surface area contributed by atoms with Crippen LogP contribution in [0.3, 0.4) is 0 Å². The summed E-state index contributed by atoms with van der Waals surface area (Å²) in [5, 5.41) is 5.21. The van der Waals surface area contributed by atoms with Gasteiger partial charge in [-0.2, -0.15) is 5.10 Å². The summed E-state index contributed by atoms with van der Waals surface area (Å²) in [4.78, 5) is 38.4. The molecule has 1 fully saturated rings. The van der Waals surface area contributed by atoms with Crippen molar-refractivity contribution in [3.8, 4) is 5.82 Å². The maximum atomic E-state index is 12.9. The topological polar surface area (TPSA) is 89.2 Å². The smallest absolute Gasteiger partial charge is 0.261 e. The van der Waals surface area contributed by atoms with Crippen LogP contribution in [0.5, 0.6) is 0 Å². The summed E-state index contributed by atoms with van der Waals surface area (Å²) in [5.74, 6) is 0.707. The van der Waals surface area contributed by atoms with E-state index in [0.29, 0.717) is 37.1 Å². The van der Waals surface area contributed by atoms with Crippen molar-refractivity contribution in [1.82, 2.24) is 29.2 Å². The molecule has 5 rings (SSSR count). The minimum atomic E-state index is -0.194. The van der Waals surface area contributed by atoms with Crippen LogP contribution in [-0.2, 0) is 11.3 Å². The van der Waals surface area contributed by atoms with Crippen molar-refractivity contribution in [3.05, 3.63) is 76.7 Å². The molecule has 0 N–H and O–H groups in total. The van der Waals surface area contributed by atoms with Crippen LogP contribution in [0.2, 0.25) is 0 Å². The first-order chi connectivity index (χ1) is 16.0. The molecule has 0 atom stereocenters. The number of pyridine rings is 1. The number of hydrogen-bond donors (Lipinski definition) is 0. The lowest BCUT2D eigenvalue weighted by atomic mass is 10.2. The lowest BCUT2D eigenvalue weighted by Gasteiger charge is -2.36. The fraction of sp³-hybridized carbons (Fsp3) is 0.292. The zero-order valence-electron chi connectivity index (χ0n) is 18.7. The highest BCUT2D eigenvalue weighted by atomic mass is 16.2. The van der Waals surface area contributed by atoms with E-state index < -0.39 is 0 Å². The summed E-state index contributed by atoms with van der Waals surface area (Å²) in [7, 11) is 0. The number of para-hydroxylation sites is 1. The van der Waals surface area contributed by atoms with Crippen molar-refractivity contribution >= 4 is 22.5 Å². The average molecular weight is 444 g/mol. The lowest BCUT2D eigenvalue weighted by Crippen LogP contribution is -2.50. The molecule has 0 radical (unpaired) electrons. The Morgan fingerprint density at radius 3 is 2.48 bits per heavy atom. The number of benzene rings is 1. The number of piperazine rings is 1. The second-order valence-corrected chi connectivity index (χ2v) is 8.18. The number of hydrogen-bond acceptors (Lipinski definition) is 6. The van der Waals surface area contributed by atoms with E-state index in [-0.39, 0.29) is 18.0 Å². The van der Waals surface area contributed by atoms with Crippen molar-refractivity contribution in [2.24, 2.45) is 0 Å². The Balaban J connectivity index is 1.28. The fourth-order valence-corrected chi connectivity index (χ4v) is 4.44. The van der Waals surface area contributed by atoms with Crippen molar-refractivity contribution in [3.63, 3.8) is 0 Å². The summed E-state index contributed by atoms with van der Waals surface area (Å²) in [6, 6.07) is 12.9. The van der Waals surface area contributed by atoms with Gasteiger partial charge in [0.05, 0.1) is 34.3 Å². The van der Waals surface area contributed by atoms with Gasteiger partial charge < -0.3 is 9.80 Å². The van der Waals surface area contributed by atoms with Gasteiger partial charge in [-0.05, 0) is 38.1 Å². The van der Waals surface area contributed by atoms with Gasteiger partial charge in [0.25, 0.3) is 5.56 Å². The fourth-order valence-electron chi connectivity index (χ4n) is 4.44. The predicted octanol–water partition coefficient (Wildman–Crippen LogP) is 1.94. The minimum absolute atomic E-state index is 0.00761. The van der Waals surface area contributed by atoms with Crippen LogP contribution >= 0.6 is 0 Å². The molecule has 1 saturated heterocycles. The average Bonchev–Trinajstić information content (AvgIpc) is 3.15. The van der Waals surface area contributed by atoms with E-state index in [2.05, 4.69) is 20.0 Å². The van der Waals surface area contributed by atoms with Gasteiger partial charge in [-0.25, -0.2) is 14.6 Å². The number of anilines is 1. The third-order valence-electron chi connectivity index (χ3n) is 6.11. The zero-order chi connectivity index (χ0) is 22.9.